The van der Waals surface area contributed by atoms with Crippen molar-refractivity contribution in [3.05, 3.63) is 59.9 Å². The summed E-state index contributed by atoms with van der Waals surface area (Å²) in [6, 6.07) is 10.7. The molecular formula is C18H15N5O2S. The minimum absolute atomic E-state index is 0.217. The molecule has 0 radical (unpaired) electrons. The van der Waals surface area contributed by atoms with E-state index in [-0.39, 0.29) is 11.6 Å². The molecule has 0 saturated carbocycles. The van der Waals surface area contributed by atoms with Gasteiger partial charge in [0.15, 0.2) is 10.7 Å². The number of carbonyl (C=O) groups excluding carboxylic acids is 1. The van der Waals surface area contributed by atoms with Crippen LogP contribution in [0.2, 0.25) is 0 Å². The highest BCUT2D eigenvalue weighted by molar-refractivity contribution is 7.15. The summed E-state index contributed by atoms with van der Waals surface area (Å²) < 4.78 is 7.20. The molecule has 1 amide bonds. The van der Waals surface area contributed by atoms with Crippen molar-refractivity contribution in [2.24, 2.45) is 0 Å². The lowest BCUT2D eigenvalue weighted by Gasteiger charge is -2.09. The van der Waals surface area contributed by atoms with Crippen LogP contribution in [0.1, 0.15) is 17.4 Å². The molecule has 0 spiro atoms. The molecule has 1 aromatic carbocycles. The number of amides is 1. The number of fused-ring (bicyclic) bond motifs is 1. The van der Waals surface area contributed by atoms with E-state index in [9.17, 15) is 4.79 Å². The van der Waals surface area contributed by atoms with E-state index in [4.69, 9.17) is 4.74 Å². The van der Waals surface area contributed by atoms with Gasteiger partial charge < -0.3 is 10.1 Å². The van der Waals surface area contributed by atoms with Crippen molar-refractivity contribution in [3.8, 4) is 17.1 Å². The first-order valence-corrected chi connectivity index (χ1v) is 8.92. The second kappa shape index (κ2) is 6.93. The topological polar surface area (TPSA) is 81.4 Å². The van der Waals surface area contributed by atoms with Crippen molar-refractivity contribution >= 4 is 27.9 Å². The van der Waals surface area contributed by atoms with E-state index in [1.54, 1.807) is 23.5 Å². The number of para-hydroxylation sites is 1. The summed E-state index contributed by atoms with van der Waals surface area (Å²) in [6.45, 7) is 2.36. The highest BCUT2D eigenvalue weighted by Gasteiger charge is 2.14. The van der Waals surface area contributed by atoms with Crippen LogP contribution in [-0.4, -0.2) is 32.1 Å². The van der Waals surface area contributed by atoms with E-state index in [1.807, 2.05) is 53.4 Å². The Hall–Kier alpha value is -3.26. The Labute approximate surface area is 153 Å². The van der Waals surface area contributed by atoms with E-state index >= 15 is 0 Å². The van der Waals surface area contributed by atoms with Crippen LogP contribution in [0.3, 0.4) is 0 Å². The zero-order valence-corrected chi connectivity index (χ0v) is 14.7. The van der Waals surface area contributed by atoms with E-state index in [1.165, 1.54) is 0 Å². The van der Waals surface area contributed by atoms with Gasteiger partial charge in [0.1, 0.15) is 0 Å². The first-order valence-electron chi connectivity index (χ1n) is 8.04. The standard InChI is InChI=1S/C18H15N5O2S/c1-2-25-16-8-7-14(21-22-16)17(24)19-13-6-4-3-5-12(13)15-11-23-9-10-26-18(23)20-15/h3-11H,2H2,1H3,(H,19,24). The second-order valence-corrected chi connectivity index (χ2v) is 6.28. The largest absolute Gasteiger partial charge is 0.477 e. The summed E-state index contributed by atoms with van der Waals surface area (Å²) in [6.07, 6.45) is 3.89. The SMILES string of the molecule is CCOc1ccc(C(=O)Nc2ccccc2-c2cn3ccsc3n2)nn1. The molecule has 0 aliphatic carbocycles. The fourth-order valence-corrected chi connectivity index (χ4v) is 3.23. The summed E-state index contributed by atoms with van der Waals surface area (Å²) >= 11 is 1.56. The Kier molecular flexibility index (Phi) is 4.32. The Morgan fingerprint density at radius 3 is 2.88 bits per heavy atom. The van der Waals surface area contributed by atoms with Crippen LogP contribution in [0.25, 0.3) is 16.2 Å². The highest BCUT2D eigenvalue weighted by atomic mass is 32.1. The second-order valence-electron chi connectivity index (χ2n) is 5.41. The lowest BCUT2D eigenvalue weighted by atomic mass is 10.1. The number of imidazole rings is 1. The average molecular weight is 365 g/mol. The molecule has 26 heavy (non-hydrogen) atoms. The van der Waals surface area contributed by atoms with Crippen molar-refractivity contribution < 1.29 is 9.53 Å². The van der Waals surface area contributed by atoms with E-state index in [0.717, 1.165) is 16.2 Å². The third kappa shape index (κ3) is 3.14. The molecule has 4 rings (SSSR count). The van der Waals surface area contributed by atoms with Crippen LogP contribution in [0.5, 0.6) is 5.88 Å². The van der Waals surface area contributed by atoms with Gasteiger partial charge in [-0.3, -0.25) is 9.20 Å². The lowest BCUT2D eigenvalue weighted by molar-refractivity contribution is 0.102. The van der Waals surface area contributed by atoms with Gasteiger partial charge >= 0.3 is 0 Å². The molecular weight excluding hydrogens is 350 g/mol. The molecule has 4 aromatic rings. The van der Waals surface area contributed by atoms with Gasteiger partial charge in [-0.05, 0) is 19.1 Å². The Morgan fingerprint density at radius 2 is 2.12 bits per heavy atom. The van der Waals surface area contributed by atoms with Gasteiger partial charge in [-0.1, -0.05) is 18.2 Å². The molecule has 130 valence electrons. The third-order valence-corrected chi connectivity index (χ3v) is 4.48. The zero-order chi connectivity index (χ0) is 17.9. The van der Waals surface area contributed by atoms with Gasteiger partial charge in [0.05, 0.1) is 18.0 Å². The maximum absolute atomic E-state index is 12.5. The average Bonchev–Trinajstić information content (AvgIpc) is 3.25. The highest BCUT2D eigenvalue weighted by Crippen LogP contribution is 2.28. The molecule has 7 nitrogen and oxygen atoms in total. The number of nitrogens with zero attached hydrogens (tertiary/aromatic N) is 4. The minimum atomic E-state index is -0.339. The number of rotatable bonds is 5. The number of ether oxygens (including phenoxy) is 1. The van der Waals surface area contributed by atoms with Gasteiger partial charge in [0, 0.05) is 29.4 Å². The number of nitrogens with one attached hydrogen (secondary N) is 1. The fourth-order valence-electron chi connectivity index (χ4n) is 2.53. The number of benzene rings is 1. The molecule has 0 unspecified atom stereocenters. The van der Waals surface area contributed by atoms with E-state index in [2.05, 4.69) is 20.5 Å². The van der Waals surface area contributed by atoms with E-state index < -0.39 is 0 Å². The molecule has 3 heterocycles. The van der Waals surface area contributed by atoms with Crippen molar-refractivity contribution in [1.82, 2.24) is 19.6 Å². The molecule has 0 bridgehead atoms. The number of hydrogen-bond acceptors (Lipinski definition) is 6. The van der Waals surface area contributed by atoms with E-state index in [0.29, 0.717) is 18.2 Å². The number of carbonyl (C=O) groups is 1. The summed E-state index contributed by atoms with van der Waals surface area (Å²) in [5, 5.41) is 12.7. The molecule has 0 fully saturated rings. The number of thiazole rings is 1. The van der Waals surface area contributed by atoms with Crippen LogP contribution >= 0.6 is 11.3 Å². The van der Waals surface area contributed by atoms with Gasteiger partial charge in [0.25, 0.3) is 5.91 Å². The van der Waals surface area contributed by atoms with Gasteiger partial charge in [-0.2, -0.15) is 0 Å². The molecule has 0 saturated heterocycles. The summed E-state index contributed by atoms with van der Waals surface area (Å²) in [5.41, 5.74) is 2.52. The molecule has 0 atom stereocenters. The maximum Gasteiger partial charge on any atom is 0.276 e. The van der Waals surface area contributed by atoms with Crippen LogP contribution in [0.4, 0.5) is 5.69 Å². The minimum Gasteiger partial charge on any atom is -0.477 e. The summed E-state index contributed by atoms with van der Waals surface area (Å²) in [5.74, 6) is 0.0524. The monoisotopic (exact) mass is 365 g/mol. The lowest BCUT2D eigenvalue weighted by Crippen LogP contribution is -2.15. The molecule has 3 aromatic heterocycles. The predicted molar refractivity (Wildman–Crippen MR) is 99.7 cm³/mol. The predicted octanol–water partition coefficient (Wildman–Crippen LogP) is 3.50. The first kappa shape index (κ1) is 16.2. The Balaban J connectivity index is 1.60. The number of anilines is 1. The van der Waals surface area contributed by atoms with Crippen LogP contribution in [0, 0.1) is 0 Å². The van der Waals surface area contributed by atoms with Crippen molar-refractivity contribution in [2.45, 2.75) is 6.92 Å². The smallest absolute Gasteiger partial charge is 0.276 e. The van der Waals surface area contributed by atoms with Crippen LogP contribution in [-0.2, 0) is 0 Å². The molecule has 8 heteroatoms. The quantitative estimate of drug-likeness (QED) is 0.585. The molecule has 0 aliphatic rings. The van der Waals surface area contributed by atoms with Crippen LogP contribution < -0.4 is 10.1 Å². The van der Waals surface area contributed by atoms with Crippen molar-refractivity contribution in [1.29, 1.82) is 0 Å². The fraction of sp³-hybridized carbons (Fsp3) is 0.111. The summed E-state index contributed by atoms with van der Waals surface area (Å²) in [7, 11) is 0. The summed E-state index contributed by atoms with van der Waals surface area (Å²) in [4.78, 5) is 18.0. The third-order valence-electron chi connectivity index (χ3n) is 3.71. The Morgan fingerprint density at radius 1 is 1.23 bits per heavy atom. The Bertz CT molecular complexity index is 1030. The molecule has 0 aliphatic heterocycles. The van der Waals surface area contributed by atoms with Crippen LogP contribution in [0.15, 0.2) is 54.2 Å². The van der Waals surface area contributed by atoms with Crippen molar-refractivity contribution in [3.63, 3.8) is 0 Å². The number of hydrogen-bond donors (Lipinski definition) is 1. The first-order chi connectivity index (χ1) is 12.7. The van der Waals surface area contributed by atoms with Gasteiger partial charge in [-0.25, -0.2) is 4.98 Å². The van der Waals surface area contributed by atoms with Gasteiger partial charge in [-0.15, -0.1) is 21.5 Å². The maximum atomic E-state index is 12.5. The normalized spacial score (nSPS) is 10.8. The van der Waals surface area contributed by atoms with Crippen molar-refractivity contribution in [2.75, 3.05) is 11.9 Å². The molecule has 1 N–H and O–H groups in total. The number of aromatic nitrogens is 4. The van der Waals surface area contributed by atoms with Gasteiger partial charge in [0.2, 0.25) is 5.88 Å². The zero-order valence-electron chi connectivity index (χ0n) is 13.9.